The summed E-state index contributed by atoms with van der Waals surface area (Å²) in [5.41, 5.74) is 28.2. The Morgan fingerprint density at radius 3 is 1.09 bits per heavy atom. The lowest BCUT2D eigenvalue weighted by molar-refractivity contribution is -0.132. The van der Waals surface area contributed by atoms with E-state index in [0.29, 0.717) is 96.9 Å². The average molecular weight is 992 g/mol. The molecular weight excluding hydrogens is 885 g/mol. The van der Waals surface area contributed by atoms with Crippen LogP contribution in [0.2, 0.25) is 0 Å². The normalized spacial score (nSPS) is 13.1. The van der Waals surface area contributed by atoms with Crippen LogP contribution in [-0.4, -0.2) is 92.3 Å². The molecule has 0 spiro atoms. The van der Waals surface area contributed by atoms with Gasteiger partial charge in [-0.05, 0) is 148 Å². The zero-order valence-electron chi connectivity index (χ0n) is 44.3. The molecule has 6 amide bonds. The number of carbonyl (C=O) groups is 6. The summed E-state index contributed by atoms with van der Waals surface area (Å²) >= 11 is 0. The van der Waals surface area contributed by atoms with Gasteiger partial charge >= 0.3 is 0 Å². The van der Waals surface area contributed by atoms with Gasteiger partial charge < -0.3 is 55.3 Å². The minimum atomic E-state index is -0.805. The lowest BCUT2D eigenvalue weighted by Gasteiger charge is -2.23. The van der Waals surface area contributed by atoms with Crippen molar-refractivity contribution in [1.29, 1.82) is 0 Å². The molecule has 0 bridgehead atoms. The molecule has 0 fully saturated rings. The molecule has 15 N–H and O–H groups in total. The molecule has 0 aliphatic heterocycles. The third-order valence-electron chi connectivity index (χ3n) is 12.9. The first-order chi connectivity index (χ1) is 34.0. The second-order valence-electron chi connectivity index (χ2n) is 19.5. The lowest BCUT2D eigenvalue weighted by Crippen LogP contribution is -2.53. The van der Waals surface area contributed by atoms with E-state index in [1.165, 1.54) is 51.4 Å². The quantitative estimate of drug-likeness (QED) is 0.0220. The summed E-state index contributed by atoms with van der Waals surface area (Å²) in [6.07, 6.45) is 37.0. The van der Waals surface area contributed by atoms with E-state index in [1.54, 1.807) is 0 Å². The van der Waals surface area contributed by atoms with E-state index in [1.807, 2.05) is 0 Å². The summed E-state index contributed by atoms with van der Waals surface area (Å²) in [7, 11) is 0. The van der Waals surface area contributed by atoms with Crippen LogP contribution in [0.5, 0.6) is 0 Å². The van der Waals surface area contributed by atoms with Crippen molar-refractivity contribution in [3.05, 3.63) is 12.2 Å². The Kier molecular flexibility index (Phi) is 46.5. The maximum atomic E-state index is 13.6. The van der Waals surface area contributed by atoms with Gasteiger partial charge in [0.2, 0.25) is 35.4 Å². The van der Waals surface area contributed by atoms with Crippen LogP contribution in [0.1, 0.15) is 238 Å². The van der Waals surface area contributed by atoms with E-state index in [0.717, 1.165) is 116 Å². The van der Waals surface area contributed by atoms with E-state index >= 15 is 0 Å². The second-order valence-corrected chi connectivity index (χ2v) is 19.5. The van der Waals surface area contributed by atoms with E-state index in [4.69, 9.17) is 28.7 Å². The van der Waals surface area contributed by atoms with Gasteiger partial charge in [-0.1, -0.05) is 115 Å². The van der Waals surface area contributed by atoms with Gasteiger partial charge in [0, 0.05) is 19.4 Å². The molecule has 0 aromatic rings. The highest BCUT2D eigenvalue weighted by atomic mass is 16.2. The fourth-order valence-electron chi connectivity index (χ4n) is 8.48. The molecule has 0 radical (unpaired) electrons. The van der Waals surface area contributed by atoms with Crippen molar-refractivity contribution in [3.8, 4) is 0 Å². The average Bonchev–Trinajstić information content (AvgIpc) is 3.34. The number of nitrogens with one attached hydrogen (secondary N) is 5. The van der Waals surface area contributed by atoms with Crippen LogP contribution in [0.4, 0.5) is 0 Å². The molecule has 16 heteroatoms. The third kappa shape index (κ3) is 40.0. The van der Waals surface area contributed by atoms with Crippen molar-refractivity contribution in [2.45, 2.75) is 262 Å². The number of allylic oxidation sites excluding steroid dienone is 2. The highest BCUT2D eigenvalue weighted by Crippen LogP contribution is 2.14. The standard InChI is InChI=1S/C54H106N10O6/c1-2-3-4-5-6-7-8-9-10-11-12-14-17-20-24-39-50(66)62-48(37-28-32-43-58)54(70)64-46(35-26-30-41-56)52(68)60-44-33-22-19-16-13-15-18-21-23-38-49(65)61-47(36-27-31-42-57)53(69)63-45(51(59)67)34-25-29-40-55/h9-10,45-48H,2-8,11-44,55-58H2,1H3,(H2,59,67)(H,60,68)(H,61,65)(H,62,66)(H,63,69)(H,64,70)/b10-9+. The van der Waals surface area contributed by atoms with Gasteiger partial charge in [0.1, 0.15) is 24.2 Å². The fourth-order valence-corrected chi connectivity index (χ4v) is 8.48. The maximum Gasteiger partial charge on any atom is 0.243 e. The van der Waals surface area contributed by atoms with Crippen LogP contribution in [0.3, 0.4) is 0 Å². The molecule has 0 aliphatic carbocycles. The number of hydrogen-bond donors (Lipinski definition) is 10. The zero-order valence-corrected chi connectivity index (χ0v) is 44.3. The minimum absolute atomic E-state index is 0.134. The molecule has 4 atom stereocenters. The fraction of sp³-hybridized carbons (Fsp3) is 0.852. The predicted molar refractivity (Wildman–Crippen MR) is 287 cm³/mol. The number of hydrogen-bond acceptors (Lipinski definition) is 10. The van der Waals surface area contributed by atoms with Crippen LogP contribution in [0, 0.1) is 0 Å². The molecule has 0 saturated heterocycles. The summed E-state index contributed by atoms with van der Waals surface area (Å²) < 4.78 is 0. The number of nitrogens with two attached hydrogens (primary N) is 5. The van der Waals surface area contributed by atoms with Crippen molar-refractivity contribution in [3.63, 3.8) is 0 Å². The van der Waals surface area contributed by atoms with Gasteiger partial charge in [0.05, 0.1) is 0 Å². The molecule has 0 heterocycles. The van der Waals surface area contributed by atoms with Gasteiger partial charge in [-0.3, -0.25) is 28.8 Å². The number of rotatable bonds is 51. The summed E-state index contributed by atoms with van der Waals surface area (Å²) in [5.74, 6) is -1.88. The summed E-state index contributed by atoms with van der Waals surface area (Å²) in [6, 6.07) is -2.98. The lowest BCUT2D eigenvalue weighted by atomic mass is 10.0. The van der Waals surface area contributed by atoms with Crippen molar-refractivity contribution in [2.24, 2.45) is 28.7 Å². The molecule has 0 rings (SSSR count). The number of carbonyl (C=O) groups excluding carboxylic acids is 6. The second kappa shape index (κ2) is 49.0. The van der Waals surface area contributed by atoms with Crippen molar-refractivity contribution >= 4 is 35.4 Å². The Bertz CT molecular complexity index is 1350. The molecule has 4 unspecified atom stereocenters. The van der Waals surface area contributed by atoms with Crippen molar-refractivity contribution < 1.29 is 28.8 Å². The number of unbranched alkanes of at least 4 members (excludes halogenated alkanes) is 23. The molecular formula is C54H106N10O6. The summed E-state index contributed by atoms with van der Waals surface area (Å²) in [6.45, 7) is 4.76. The topological polar surface area (TPSA) is 293 Å². The molecule has 0 saturated carbocycles. The van der Waals surface area contributed by atoms with Gasteiger partial charge in [0.25, 0.3) is 0 Å². The highest BCUT2D eigenvalue weighted by molar-refractivity contribution is 5.92. The monoisotopic (exact) mass is 991 g/mol. The van der Waals surface area contributed by atoms with Crippen molar-refractivity contribution in [2.75, 3.05) is 32.7 Å². The van der Waals surface area contributed by atoms with Gasteiger partial charge in [-0.2, -0.15) is 0 Å². The van der Waals surface area contributed by atoms with E-state index in [9.17, 15) is 28.8 Å². The Balaban J connectivity index is 4.60. The van der Waals surface area contributed by atoms with Gasteiger partial charge in [-0.25, -0.2) is 0 Å². The maximum absolute atomic E-state index is 13.6. The smallest absolute Gasteiger partial charge is 0.243 e. The minimum Gasteiger partial charge on any atom is -0.368 e. The van der Waals surface area contributed by atoms with Gasteiger partial charge in [0.15, 0.2) is 0 Å². The Morgan fingerprint density at radius 1 is 0.371 bits per heavy atom. The number of amides is 6. The molecule has 0 aromatic heterocycles. The van der Waals surface area contributed by atoms with Crippen LogP contribution in [0.15, 0.2) is 12.2 Å². The van der Waals surface area contributed by atoms with E-state index < -0.39 is 36.0 Å². The van der Waals surface area contributed by atoms with E-state index in [-0.39, 0.29) is 23.6 Å². The van der Waals surface area contributed by atoms with Crippen LogP contribution >= 0.6 is 0 Å². The van der Waals surface area contributed by atoms with Gasteiger partial charge in [-0.15, -0.1) is 0 Å². The summed E-state index contributed by atoms with van der Waals surface area (Å²) in [4.78, 5) is 77.7. The largest absolute Gasteiger partial charge is 0.368 e. The first-order valence-electron chi connectivity index (χ1n) is 28.3. The van der Waals surface area contributed by atoms with Crippen LogP contribution < -0.4 is 55.3 Å². The molecule has 0 aliphatic rings. The first-order valence-corrected chi connectivity index (χ1v) is 28.3. The Labute approximate surface area is 425 Å². The molecule has 16 nitrogen and oxygen atoms in total. The third-order valence-corrected chi connectivity index (χ3v) is 12.9. The van der Waals surface area contributed by atoms with Crippen LogP contribution in [-0.2, 0) is 28.8 Å². The Morgan fingerprint density at radius 2 is 0.700 bits per heavy atom. The summed E-state index contributed by atoms with van der Waals surface area (Å²) in [5, 5.41) is 14.5. The van der Waals surface area contributed by atoms with Crippen molar-refractivity contribution in [1.82, 2.24) is 26.6 Å². The van der Waals surface area contributed by atoms with E-state index in [2.05, 4.69) is 45.7 Å². The van der Waals surface area contributed by atoms with Crippen LogP contribution in [0.25, 0.3) is 0 Å². The first kappa shape index (κ1) is 66.4. The SMILES string of the molecule is CCCCCCCC/C=C/CCCCCCCC(=O)NC(CCCCN)C(=O)NC(CCCCN)C(=O)NCCCCCCCCCCCC(=O)NC(CCCCN)C(=O)NC(CCCCN)C(N)=O. The predicted octanol–water partition coefficient (Wildman–Crippen LogP) is 6.98. The zero-order chi connectivity index (χ0) is 51.7. The molecule has 0 aromatic carbocycles. The Hall–Kier alpha value is -3.60. The number of primary amides is 1. The molecule has 70 heavy (non-hydrogen) atoms. The molecule has 408 valence electrons. The highest BCUT2D eigenvalue weighted by Gasteiger charge is 2.27.